The highest BCUT2D eigenvalue weighted by Gasteiger charge is 2.29. The van der Waals surface area contributed by atoms with E-state index >= 15 is 0 Å². The molecule has 9 nitrogen and oxygen atoms in total. The van der Waals surface area contributed by atoms with Crippen molar-refractivity contribution in [3.63, 3.8) is 0 Å². The molecule has 0 fully saturated rings. The van der Waals surface area contributed by atoms with E-state index < -0.39 is 23.7 Å². The van der Waals surface area contributed by atoms with Gasteiger partial charge in [-0.05, 0) is 55.9 Å². The molecule has 0 bridgehead atoms. The molecule has 208 valence electrons. The lowest BCUT2D eigenvalue weighted by molar-refractivity contribution is -0.143. The van der Waals surface area contributed by atoms with Crippen molar-refractivity contribution in [1.82, 2.24) is 4.57 Å². The smallest absolute Gasteiger partial charge is 0.341 e. The molecule has 0 saturated heterocycles. The van der Waals surface area contributed by atoms with Crippen molar-refractivity contribution in [3.8, 4) is 0 Å². The van der Waals surface area contributed by atoms with Gasteiger partial charge in [0.1, 0.15) is 17.4 Å². The quantitative estimate of drug-likeness (QED) is 0.370. The predicted molar refractivity (Wildman–Crippen MR) is 150 cm³/mol. The summed E-state index contributed by atoms with van der Waals surface area (Å²) in [5, 5.41) is 3.29. The normalized spacial score (nSPS) is 15.2. The minimum atomic E-state index is -0.506. The number of amides is 2. The third-order valence-corrected chi connectivity index (χ3v) is 9.20. The number of carbonyl (C=O) groups excluding carboxylic acids is 4. The SMILES string of the molecule is CCOC(=O)Cn1c(=NC(=O)CSCC(=O)Nc2sc3c(c2C(=O)OC)CCC(C)C3)sc2cc(F)ccc21. The van der Waals surface area contributed by atoms with Crippen LogP contribution in [-0.2, 0) is 43.2 Å². The number of ether oxygens (including phenoxy) is 2. The zero-order valence-electron chi connectivity index (χ0n) is 21.7. The van der Waals surface area contributed by atoms with Gasteiger partial charge in [-0.25, -0.2) is 9.18 Å². The van der Waals surface area contributed by atoms with Crippen molar-refractivity contribution in [3.05, 3.63) is 44.8 Å². The number of hydrogen-bond acceptors (Lipinski definition) is 9. The highest BCUT2D eigenvalue weighted by Crippen LogP contribution is 2.40. The largest absolute Gasteiger partial charge is 0.465 e. The number of methoxy groups -OCH3 is 1. The van der Waals surface area contributed by atoms with Crippen molar-refractivity contribution in [2.45, 2.75) is 39.7 Å². The van der Waals surface area contributed by atoms with Gasteiger partial charge < -0.3 is 19.4 Å². The van der Waals surface area contributed by atoms with Crippen LogP contribution in [0.2, 0.25) is 0 Å². The Bertz CT molecular complexity index is 1490. The van der Waals surface area contributed by atoms with E-state index in [2.05, 4.69) is 17.2 Å². The summed E-state index contributed by atoms with van der Waals surface area (Å²) in [5.41, 5.74) is 1.92. The van der Waals surface area contributed by atoms with E-state index in [0.717, 1.165) is 52.8 Å². The maximum atomic E-state index is 13.7. The summed E-state index contributed by atoms with van der Waals surface area (Å²) in [6.07, 6.45) is 2.58. The van der Waals surface area contributed by atoms with Crippen molar-refractivity contribution in [1.29, 1.82) is 0 Å². The summed E-state index contributed by atoms with van der Waals surface area (Å²) in [7, 11) is 1.32. The Morgan fingerprint density at radius 2 is 2.03 bits per heavy atom. The Morgan fingerprint density at radius 3 is 2.77 bits per heavy atom. The first-order valence-electron chi connectivity index (χ1n) is 12.3. The summed E-state index contributed by atoms with van der Waals surface area (Å²) in [5.74, 6) is -1.88. The number of anilines is 1. The topological polar surface area (TPSA) is 116 Å². The Morgan fingerprint density at radius 1 is 1.23 bits per heavy atom. The number of esters is 2. The zero-order chi connectivity index (χ0) is 28.1. The van der Waals surface area contributed by atoms with E-state index in [1.54, 1.807) is 6.92 Å². The lowest BCUT2D eigenvalue weighted by Crippen LogP contribution is -2.23. The average molecular weight is 594 g/mol. The lowest BCUT2D eigenvalue weighted by atomic mass is 9.88. The minimum absolute atomic E-state index is 0.0265. The van der Waals surface area contributed by atoms with Crippen molar-refractivity contribution >= 4 is 73.4 Å². The minimum Gasteiger partial charge on any atom is -0.465 e. The van der Waals surface area contributed by atoms with E-state index in [1.807, 2.05) is 0 Å². The second-order valence-electron chi connectivity index (χ2n) is 8.98. The van der Waals surface area contributed by atoms with Gasteiger partial charge in [-0.15, -0.1) is 23.1 Å². The third-order valence-electron chi connectivity index (χ3n) is 6.07. The van der Waals surface area contributed by atoms with Crippen LogP contribution >= 0.6 is 34.4 Å². The molecule has 3 aromatic rings. The Labute approximate surface area is 236 Å². The third kappa shape index (κ3) is 6.95. The fourth-order valence-electron chi connectivity index (χ4n) is 4.31. The lowest BCUT2D eigenvalue weighted by Gasteiger charge is -2.18. The molecular weight excluding hydrogens is 566 g/mol. The van der Waals surface area contributed by atoms with Crippen molar-refractivity contribution < 1.29 is 33.0 Å². The van der Waals surface area contributed by atoms with Crippen LogP contribution in [0, 0.1) is 11.7 Å². The van der Waals surface area contributed by atoms with Gasteiger partial charge >= 0.3 is 11.9 Å². The number of fused-ring (bicyclic) bond motifs is 2. The van der Waals surface area contributed by atoms with Crippen LogP contribution in [0.5, 0.6) is 0 Å². The number of thioether (sulfide) groups is 1. The second kappa shape index (κ2) is 12.9. The Hall–Kier alpha value is -3.03. The molecule has 4 rings (SSSR count). The van der Waals surface area contributed by atoms with Gasteiger partial charge in [-0.1, -0.05) is 18.3 Å². The van der Waals surface area contributed by atoms with Crippen LogP contribution in [0.3, 0.4) is 0 Å². The van der Waals surface area contributed by atoms with Crippen LogP contribution < -0.4 is 10.1 Å². The van der Waals surface area contributed by atoms with Gasteiger partial charge in [0.25, 0.3) is 5.91 Å². The molecule has 0 spiro atoms. The summed E-state index contributed by atoms with van der Waals surface area (Å²) >= 11 is 3.56. The molecule has 2 heterocycles. The number of benzene rings is 1. The Kier molecular flexibility index (Phi) is 9.57. The van der Waals surface area contributed by atoms with Gasteiger partial charge in [-0.3, -0.25) is 14.4 Å². The van der Waals surface area contributed by atoms with Crippen LogP contribution in [-0.4, -0.2) is 53.5 Å². The fraction of sp³-hybridized carbons (Fsp3) is 0.423. The summed E-state index contributed by atoms with van der Waals surface area (Å²) in [6, 6.07) is 4.11. The first-order valence-corrected chi connectivity index (χ1v) is 15.1. The molecule has 39 heavy (non-hydrogen) atoms. The molecule has 2 amide bonds. The van der Waals surface area contributed by atoms with E-state index in [9.17, 15) is 23.6 Å². The van der Waals surface area contributed by atoms with Gasteiger partial charge in [0, 0.05) is 4.88 Å². The maximum absolute atomic E-state index is 13.7. The summed E-state index contributed by atoms with van der Waals surface area (Å²) < 4.78 is 25.8. The molecule has 2 aromatic heterocycles. The first-order chi connectivity index (χ1) is 18.7. The number of hydrogen-bond donors (Lipinski definition) is 1. The number of nitrogens with zero attached hydrogens (tertiary/aromatic N) is 2. The maximum Gasteiger partial charge on any atom is 0.341 e. The molecule has 0 saturated carbocycles. The van der Waals surface area contributed by atoms with Gasteiger partial charge in [0.15, 0.2) is 4.80 Å². The number of thiazole rings is 1. The molecule has 1 aliphatic carbocycles. The van der Waals surface area contributed by atoms with Crippen LogP contribution in [0.1, 0.15) is 41.1 Å². The van der Waals surface area contributed by atoms with E-state index in [1.165, 1.54) is 41.2 Å². The predicted octanol–water partition coefficient (Wildman–Crippen LogP) is 4.18. The van der Waals surface area contributed by atoms with E-state index in [-0.39, 0.29) is 35.4 Å². The van der Waals surface area contributed by atoms with Crippen molar-refractivity contribution in [2.75, 3.05) is 30.5 Å². The van der Waals surface area contributed by atoms with E-state index in [4.69, 9.17) is 9.47 Å². The van der Waals surface area contributed by atoms with Crippen LogP contribution in [0.25, 0.3) is 10.2 Å². The molecule has 0 radical (unpaired) electrons. The number of aromatic nitrogens is 1. The highest BCUT2D eigenvalue weighted by atomic mass is 32.2. The zero-order valence-corrected chi connectivity index (χ0v) is 24.2. The molecule has 1 N–H and O–H groups in total. The van der Waals surface area contributed by atoms with Gasteiger partial charge in [-0.2, -0.15) is 4.99 Å². The van der Waals surface area contributed by atoms with Crippen LogP contribution in [0.4, 0.5) is 9.39 Å². The number of halogens is 1. The monoisotopic (exact) mass is 593 g/mol. The molecular formula is C26H28FN3O6S3. The molecule has 13 heteroatoms. The number of carbonyl (C=O) groups is 4. The molecule has 1 unspecified atom stereocenters. The first kappa shape index (κ1) is 29.0. The van der Waals surface area contributed by atoms with Gasteiger partial charge in [0.2, 0.25) is 5.91 Å². The van der Waals surface area contributed by atoms with Crippen molar-refractivity contribution in [2.24, 2.45) is 10.9 Å². The Balaban J connectivity index is 1.43. The standard InChI is InChI=1S/C26H28FN3O6S3/c1-4-36-22(33)11-30-17-8-6-15(27)10-19(17)39-26(30)29-21(32)13-37-12-20(31)28-24-23(25(34)35-3)16-7-5-14(2)9-18(16)38-24/h6,8,10,14H,4-5,7,9,11-13H2,1-3H3,(H,28,31). The summed E-state index contributed by atoms with van der Waals surface area (Å²) in [4.78, 5) is 55.3. The molecule has 1 aromatic carbocycles. The summed E-state index contributed by atoms with van der Waals surface area (Å²) in [6.45, 7) is 3.88. The molecule has 1 atom stereocenters. The van der Waals surface area contributed by atoms with Crippen LogP contribution in [0.15, 0.2) is 23.2 Å². The number of nitrogens with one attached hydrogen (secondary N) is 1. The molecule has 0 aliphatic heterocycles. The highest BCUT2D eigenvalue weighted by molar-refractivity contribution is 8.00. The van der Waals surface area contributed by atoms with E-state index in [0.29, 0.717) is 26.7 Å². The fourth-order valence-corrected chi connectivity index (χ4v) is 7.40. The average Bonchev–Trinajstić information content (AvgIpc) is 3.39. The second-order valence-corrected chi connectivity index (χ2v) is 12.1. The van der Waals surface area contributed by atoms with Gasteiger partial charge in [0.05, 0.1) is 41.0 Å². The molecule has 1 aliphatic rings. The number of rotatable bonds is 9. The number of thiophene rings is 1.